The Labute approximate surface area is 360 Å². The van der Waals surface area contributed by atoms with E-state index in [0.29, 0.717) is 19.3 Å². The summed E-state index contributed by atoms with van der Waals surface area (Å²) in [6, 6.07) is 0. The van der Waals surface area contributed by atoms with Gasteiger partial charge in [-0.25, -0.2) is 0 Å². The van der Waals surface area contributed by atoms with E-state index in [0.717, 1.165) is 64.2 Å². The smallest absolute Gasteiger partial charge is 0.306 e. The minimum absolute atomic E-state index is 0.0729. The second-order valence-electron chi connectivity index (χ2n) is 17.1. The van der Waals surface area contributed by atoms with Crippen molar-refractivity contribution in [1.82, 2.24) is 0 Å². The largest absolute Gasteiger partial charge is 0.462 e. The van der Waals surface area contributed by atoms with Crippen molar-refractivity contribution in [3.8, 4) is 0 Å². The Kier molecular flexibility index (Phi) is 45.8. The second-order valence-corrected chi connectivity index (χ2v) is 17.1. The molecule has 0 bridgehead atoms. The molecule has 0 aromatic heterocycles. The molecule has 58 heavy (non-hydrogen) atoms. The summed E-state index contributed by atoms with van der Waals surface area (Å²) in [6.45, 7) is 6.61. The van der Waals surface area contributed by atoms with Gasteiger partial charge in [0.25, 0.3) is 0 Å². The molecule has 340 valence electrons. The molecule has 0 aromatic carbocycles. The van der Waals surface area contributed by atoms with Gasteiger partial charge in [0, 0.05) is 19.3 Å². The van der Waals surface area contributed by atoms with Crippen LogP contribution >= 0.6 is 0 Å². The van der Waals surface area contributed by atoms with E-state index in [-0.39, 0.29) is 31.1 Å². The number of hydrogen-bond donors (Lipinski definition) is 0. The molecular weight excluding hydrogens is 721 g/mol. The van der Waals surface area contributed by atoms with E-state index in [2.05, 4.69) is 45.1 Å². The third-order valence-corrected chi connectivity index (χ3v) is 11.2. The van der Waals surface area contributed by atoms with Crippen LogP contribution in [0.5, 0.6) is 0 Å². The first-order chi connectivity index (χ1) is 28.5. The third-order valence-electron chi connectivity index (χ3n) is 11.2. The van der Waals surface area contributed by atoms with Crippen molar-refractivity contribution in [3.05, 3.63) is 24.3 Å². The number of ether oxygens (including phenoxy) is 3. The van der Waals surface area contributed by atoms with E-state index in [1.54, 1.807) is 0 Å². The van der Waals surface area contributed by atoms with Gasteiger partial charge in [-0.3, -0.25) is 14.4 Å². The highest BCUT2D eigenvalue weighted by atomic mass is 16.6. The van der Waals surface area contributed by atoms with Crippen molar-refractivity contribution >= 4 is 17.9 Å². The molecule has 0 aromatic rings. The fourth-order valence-electron chi connectivity index (χ4n) is 7.31. The van der Waals surface area contributed by atoms with Gasteiger partial charge in [0.15, 0.2) is 6.10 Å². The fraction of sp³-hybridized carbons (Fsp3) is 0.865. The van der Waals surface area contributed by atoms with Gasteiger partial charge < -0.3 is 14.2 Å². The van der Waals surface area contributed by atoms with Crippen LogP contribution in [0, 0.1) is 0 Å². The van der Waals surface area contributed by atoms with Crippen LogP contribution in [0.4, 0.5) is 0 Å². The Bertz CT molecular complexity index is 942. The Balaban J connectivity index is 4.30. The van der Waals surface area contributed by atoms with E-state index >= 15 is 0 Å². The quantitative estimate of drug-likeness (QED) is 0.0263. The molecule has 0 heterocycles. The molecule has 1 atom stereocenters. The molecule has 6 heteroatoms. The van der Waals surface area contributed by atoms with E-state index in [4.69, 9.17) is 14.2 Å². The van der Waals surface area contributed by atoms with E-state index in [1.165, 1.54) is 167 Å². The van der Waals surface area contributed by atoms with Crippen LogP contribution in [0.15, 0.2) is 24.3 Å². The summed E-state index contributed by atoms with van der Waals surface area (Å²) in [7, 11) is 0. The van der Waals surface area contributed by atoms with Crippen LogP contribution in [0.2, 0.25) is 0 Å². The Morgan fingerprint density at radius 3 is 0.897 bits per heavy atom. The summed E-state index contributed by atoms with van der Waals surface area (Å²) < 4.78 is 16.7. The van der Waals surface area contributed by atoms with Gasteiger partial charge in [-0.2, -0.15) is 0 Å². The second kappa shape index (κ2) is 47.6. The first kappa shape index (κ1) is 55.9. The van der Waals surface area contributed by atoms with Gasteiger partial charge in [0.1, 0.15) is 13.2 Å². The highest BCUT2D eigenvalue weighted by Gasteiger charge is 2.19. The molecular formula is C52H96O6. The molecule has 0 saturated heterocycles. The lowest BCUT2D eigenvalue weighted by Crippen LogP contribution is -2.30. The standard InChI is InChI=1S/C52H96O6/c1-4-7-10-13-16-19-22-24-25-26-27-28-29-31-33-36-39-42-45-51(54)57-48-49(47-56-50(53)44-41-38-35-32-21-18-15-12-9-6-3)58-52(55)46-43-40-37-34-30-23-20-17-14-11-8-5-2/h17,20,25-26,49H,4-16,18-19,21-24,27-48H2,1-3H3/b20-17-,26-25-. The highest BCUT2D eigenvalue weighted by molar-refractivity contribution is 5.71. The Morgan fingerprint density at radius 1 is 0.328 bits per heavy atom. The van der Waals surface area contributed by atoms with Crippen molar-refractivity contribution < 1.29 is 28.6 Å². The molecule has 0 N–H and O–H groups in total. The maximum atomic E-state index is 12.7. The zero-order chi connectivity index (χ0) is 42.3. The minimum atomic E-state index is -0.771. The highest BCUT2D eigenvalue weighted by Crippen LogP contribution is 2.15. The molecule has 0 aliphatic heterocycles. The van der Waals surface area contributed by atoms with Crippen molar-refractivity contribution in [2.45, 2.75) is 277 Å². The van der Waals surface area contributed by atoms with Crippen molar-refractivity contribution in [3.63, 3.8) is 0 Å². The lowest BCUT2D eigenvalue weighted by molar-refractivity contribution is -0.167. The van der Waals surface area contributed by atoms with Crippen LogP contribution in [-0.4, -0.2) is 37.2 Å². The normalized spacial score (nSPS) is 12.1. The van der Waals surface area contributed by atoms with Crippen LogP contribution in [0.1, 0.15) is 271 Å². The average Bonchev–Trinajstić information content (AvgIpc) is 3.22. The minimum Gasteiger partial charge on any atom is -0.462 e. The van der Waals surface area contributed by atoms with Gasteiger partial charge in [-0.15, -0.1) is 0 Å². The summed E-state index contributed by atoms with van der Waals surface area (Å²) in [5.74, 6) is -0.879. The van der Waals surface area contributed by atoms with Gasteiger partial charge in [0.2, 0.25) is 0 Å². The maximum absolute atomic E-state index is 12.7. The molecule has 0 saturated carbocycles. The van der Waals surface area contributed by atoms with Crippen LogP contribution in [0.3, 0.4) is 0 Å². The molecule has 0 radical (unpaired) electrons. The Hall–Kier alpha value is -2.11. The van der Waals surface area contributed by atoms with Crippen LogP contribution in [-0.2, 0) is 28.6 Å². The number of esters is 3. The predicted octanol–water partition coefficient (Wildman–Crippen LogP) is 16.4. The summed E-state index contributed by atoms with van der Waals surface area (Å²) in [4.78, 5) is 37.8. The van der Waals surface area contributed by atoms with E-state index in [9.17, 15) is 14.4 Å². The molecule has 0 aliphatic rings. The van der Waals surface area contributed by atoms with Gasteiger partial charge in [-0.05, 0) is 70.6 Å². The summed E-state index contributed by atoms with van der Waals surface area (Å²) in [5.41, 5.74) is 0. The number of rotatable bonds is 46. The van der Waals surface area contributed by atoms with Gasteiger partial charge >= 0.3 is 17.9 Å². The fourth-order valence-corrected chi connectivity index (χ4v) is 7.31. The van der Waals surface area contributed by atoms with Crippen molar-refractivity contribution in [1.29, 1.82) is 0 Å². The number of allylic oxidation sites excluding steroid dienone is 4. The monoisotopic (exact) mass is 817 g/mol. The lowest BCUT2D eigenvalue weighted by Gasteiger charge is -2.18. The number of carbonyl (C=O) groups is 3. The summed E-state index contributed by atoms with van der Waals surface area (Å²) in [6.07, 6.45) is 53.0. The molecule has 0 fully saturated rings. The molecule has 0 rings (SSSR count). The van der Waals surface area contributed by atoms with Gasteiger partial charge in [-0.1, -0.05) is 206 Å². The molecule has 0 amide bonds. The number of carbonyl (C=O) groups excluding carboxylic acids is 3. The molecule has 6 nitrogen and oxygen atoms in total. The van der Waals surface area contributed by atoms with Crippen LogP contribution < -0.4 is 0 Å². The summed E-state index contributed by atoms with van der Waals surface area (Å²) in [5, 5.41) is 0. The third kappa shape index (κ3) is 45.0. The number of unbranched alkanes of at least 4 members (excludes halogenated alkanes) is 31. The lowest BCUT2D eigenvalue weighted by atomic mass is 10.1. The van der Waals surface area contributed by atoms with E-state index < -0.39 is 6.10 Å². The topological polar surface area (TPSA) is 78.9 Å². The molecule has 1 unspecified atom stereocenters. The maximum Gasteiger partial charge on any atom is 0.306 e. The summed E-state index contributed by atoms with van der Waals surface area (Å²) >= 11 is 0. The van der Waals surface area contributed by atoms with E-state index in [1.807, 2.05) is 0 Å². The average molecular weight is 817 g/mol. The first-order valence-electron chi connectivity index (χ1n) is 25.3. The molecule has 0 spiro atoms. The SMILES string of the molecule is CCCCC/C=C\CCCCCCCC(=O)OC(COC(=O)CCCCCCCCC/C=C\CCCCCCCCC)COC(=O)CCCCCCCCCCCC. The van der Waals surface area contributed by atoms with Crippen molar-refractivity contribution in [2.75, 3.05) is 13.2 Å². The van der Waals surface area contributed by atoms with Crippen molar-refractivity contribution in [2.24, 2.45) is 0 Å². The van der Waals surface area contributed by atoms with Crippen LogP contribution in [0.25, 0.3) is 0 Å². The zero-order valence-electron chi connectivity index (χ0n) is 38.8. The first-order valence-corrected chi connectivity index (χ1v) is 25.3. The van der Waals surface area contributed by atoms with Gasteiger partial charge in [0.05, 0.1) is 0 Å². The predicted molar refractivity (Wildman–Crippen MR) is 247 cm³/mol. The zero-order valence-corrected chi connectivity index (χ0v) is 38.8. The molecule has 0 aliphatic carbocycles. The number of hydrogen-bond acceptors (Lipinski definition) is 6. The Morgan fingerprint density at radius 2 is 0.569 bits per heavy atom.